The number of piperidine rings is 1. The van der Waals surface area contributed by atoms with E-state index in [1.807, 2.05) is 12.1 Å². The molecule has 24 heavy (non-hydrogen) atoms. The highest BCUT2D eigenvalue weighted by Crippen LogP contribution is 2.36. The lowest BCUT2D eigenvalue weighted by atomic mass is 9.91. The third kappa shape index (κ3) is 2.67. The van der Waals surface area contributed by atoms with Gasteiger partial charge in [-0.3, -0.25) is 0 Å². The number of anilines is 1. The Morgan fingerprint density at radius 2 is 1.96 bits per heavy atom. The van der Waals surface area contributed by atoms with Crippen molar-refractivity contribution >= 4 is 5.82 Å². The third-order valence-corrected chi connectivity index (χ3v) is 5.42. The largest absolute Gasteiger partial charge is 0.497 e. The summed E-state index contributed by atoms with van der Waals surface area (Å²) in [6, 6.07) is 8.15. The molecule has 1 saturated heterocycles. The van der Waals surface area contributed by atoms with Crippen molar-refractivity contribution < 1.29 is 4.74 Å². The van der Waals surface area contributed by atoms with Crippen LogP contribution in [0.4, 0.5) is 5.82 Å². The molecule has 2 aliphatic rings. The minimum absolute atomic E-state index is 0.598. The molecule has 0 aliphatic carbocycles. The van der Waals surface area contributed by atoms with Crippen LogP contribution in [0.5, 0.6) is 5.75 Å². The van der Waals surface area contributed by atoms with Crippen LogP contribution in [-0.2, 0) is 6.42 Å². The molecule has 5 heteroatoms. The number of ether oxygens (including phenoxy) is 1. The summed E-state index contributed by atoms with van der Waals surface area (Å²) in [7, 11) is 1.70. The second-order valence-electron chi connectivity index (χ2n) is 6.71. The van der Waals surface area contributed by atoms with E-state index in [2.05, 4.69) is 34.0 Å². The molecule has 5 nitrogen and oxygen atoms in total. The molecule has 0 radical (unpaired) electrons. The summed E-state index contributed by atoms with van der Waals surface area (Å²) in [4.78, 5) is 2.54. The van der Waals surface area contributed by atoms with Crippen molar-refractivity contribution in [1.82, 2.24) is 14.7 Å². The first-order valence-corrected chi connectivity index (χ1v) is 9.02. The van der Waals surface area contributed by atoms with Crippen LogP contribution in [0.15, 0.2) is 24.3 Å². The monoisotopic (exact) mass is 326 g/mol. The molecule has 0 saturated carbocycles. The van der Waals surface area contributed by atoms with E-state index in [1.54, 1.807) is 7.11 Å². The zero-order valence-electron chi connectivity index (χ0n) is 14.6. The molecule has 3 heterocycles. The van der Waals surface area contributed by atoms with Crippen molar-refractivity contribution in [3.05, 3.63) is 35.5 Å². The maximum atomic E-state index is 5.27. The highest BCUT2D eigenvalue weighted by atomic mass is 16.5. The van der Waals surface area contributed by atoms with Crippen LogP contribution in [0.2, 0.25) is 0 Å². The Kier molecular flexibility index (Phi) is 4.19. The molecule has 0 atom stereocenters. The van der Waals surface area contributed by atoms with E-state index < -0.39 is 0 Å². The molecule has 4 rings (SSSR count). The first-order valence-electron chi connectivity index (χ1n) is 9.02. The summed E-state index contributed by atoms with van der Waals surface area (Å²) in [5.41, 5.74) is 3.85. The number of fused-ring (bicyclic) bond motifs is 1. The van der Waals surface area contributed by atoms with Gasteiger partial charge < -0.3 is 15.0 Å². The minimum Gasteiger partial charge on any atom is -0.497 e. The second-order valence-corrected chi connectivity index (χ2v) is 6.71. The zero-order valence-corrected chi connectivity index (χ0v) is 14.6. The van der Waals surface area contributed by atoms with E-state index in [0.717, 1.165) is 30.9 Å². The first-order chi connectivity index (χ1) is 11.8. The summed E-state index contributed by atoms with van der Waals surface area (Å²) in [5, 5.41) is 8.56. The number of benzene rings is 1. The van der Waals surface area contributed by atoms with Crippen LogP contribution in [-0.4, -0.2) is 48.0 Å². The van der Waals surface area contributed by atoms with E-state index in [4.69, 9.17) is 9.84 Å². The van der Waals surface area contributed by atoms with Gasteiger partial charge in [0.15, 0.2) is 0 Å². The van der Waals surface area contributed by atoms with Gasteiger partial charge in [0.2, 0.25) is 0 Å². The number of hydrogen-bond acceptors (Lipinski definition) is 4. The smallest absolute Gasteiger partial charge is 0.133 e. The molecule has 2 aromatic rings. The van der Waals surface area contributed by atoms with E-state index >= 15 is 0 Å². The predicted molar refractivity (Wildman–Crippen MR) is 96.4 cm³/mol. The molecule has 1 aromatic heterocycles. The molecule has 0 spiro atoms. The van der Waals surface area contributed by atoms with Crippen molar-refractivity contribution in [1.29, 1.82) is 0 Å². The molecule has 128 valence electrons. The Morgan fingerprint density at radius 1 is 1.21 bits per heavy atom. The van der Waals surface area contributed by atoms with E-state index in [1.165, 1.54) is 43.0 Å². The fourth-order valence-corrected chi connectivity index (χ4v) is 3.96. The van der Waals surface area contributed by atoms with E-state index in [0.29, 0.717) is 5.92 Å². The summed E-state index contributed by atoms with van der Waals surface area (Å²) in [6.45, 7) is 6.81. The summed E-state index contributed by atoms with van der Waals surface area (Å²) in [6.07, 6.45) is 3.54. The van der Waals surface area contributed by atoms with Crippen LogP contribution >= 0.6 is 0 Å². The van der Waals surface area contributed by atoms with Crippen molar-refractivity contribution in [2.24, 2.45) is 0 Å². The van der Waals surface area contributed by atoms with Gasteiger partial charge in [-0.05, 0) is 63.2 Å². The van der Waals surface area contributed by atoms with Gasteiger partial charge in [0.25, 0.3) is 0 Å². The lowest BCUT2D eigenvalue weighted by molar-refractivity contribution is 0.220. The Hall–Kier alpha value is -2.01. The van der Waals surface area contributed by atoms with Crippen LogP contribution in [0, 0.1) is 0 Å². The third-order valence-electron chi connectivity index (χ3n) is 5.42. The van der Waals surface area contributed by atoms with Crippen LogP contribution in [0.1, 0.15) is 36.9 Å². The van der Waals surface area contributed by atoms with Gasteiger partial charge in [0.1, 0.15) is 11.6 Å². The average molecular weight is 326 g/mol. The number of likely N-dealkylation sites (tertiary alicyclic amines) is 1. The number of rotatable bonds is 4. The second kappa shape index (κ2) is 6.48. The Balaban J connectivity index is 1.65. The molecule has 1 fully saturated rings. The lowest BCUT2D eigenvalue weighted by Crippen LogP contribution is -2.33. The highest BCUT2D eigenvalue weighted by molar-refractivity contribution is 5.58. The SMILES string of the molecule is CCN1CCC(c2nn(-c3ccc(OC)cc3)c3c2CCN3)CC1. The quantitative estimate of drug-likeness (QED) is 0.938. The normalized spacial score (nSPS) is 18.4. The van der Waals surface area contributed by atoms with Crippen molar-refractivity contribution in [3.63, 3.8) is 0 Å². The number of nitrogens with zero attached hydrogens (tertiary/aromatic N) is 3. The fourth-order valence-electron chi connectivity index (χ4n) is 3.96. The van der Waals surface area contributed by atoms with Gasteiger partial charge in [0.05, 0.1) is 18.5 Å². The number of aromatic nitrogens is 2. The molecular weight excluding hydrogens is 300 g/mol. The van der Waals surface area contributed by atoms with Gasteiger partial charge >= 0.3 is 0 Å². The summed E-state index contributed by atoms with van der Waals surface area (Å²) >= 11 is 0. The number of hydrogen-bond donors (Lipinski definition) is 1. The highest BCUT2D eigenvalue weighted by Gasteiger charge is 2.29. The minimum atomic E-state index is 0.598. The van der Waals surface area contributed by atoms with Gasteiger partial charge in [-0.2, -0.15) is 5.10 Å². The van der Waals surface area contributed by atoms with E-state index in [9.17, 15) is 0 Å². The van der Waals surface area contributed by atoms with Gasteiger partial charge in [-0.1, -0.05) is 6.92 Å². The lowest BCUT2D eigenvalue weighted by Gasteiger charge is -2.30. The molecule has 1 N–H and O–H groups in total. The predicted octanol–water partition coefficient (Wildman–Crippen LogP) is 3.05. The molecule has 2 aliphatic heterocycles. The Morgan fingerprint density at radius 3 is 2.62 bits per heavy atom. The van der Waals surface area contributed by atoms with Crippen molar-refractivity contribution in [2.45, 2.75) is 32.1 Å². The van der Waals surface area contributed by atoms with Crippen molar-refractivity contribution in [3.8, 4) is 11.4 Å². The average Bonchev–Trinajstić information content (AvgIpc) is 3.24. The molecular formula is C19H26N4O. The van der Waals surface area contributed by atoms with Crippen molar-refractivity contribution in [2.75, 3.05) is 38.6 Å². The van der Waals surface area contributed by atoms with Crippen LogP contribution in [0.3, 0.4) is 0 Å². The first kappa shape index (κ1) is 15.5. The Bertz CT molecular complexity index is 699. The van der Waals surface area contributed by atoms with Gasteiger partial charge in [0, 0.05) is 18.0 Å². The van der Waals surface area contributed by atoms with E-state index in [-0.39, 0.29) is 0 Å². The number of nitrogens with one attached hydrogen (secondary N) is 1. The van der Waals surface area contributed by atoms with Crippen LogP contribution < -0.4 is 10.1 Å². The maximum absolute atomic E-state index is 5.27. The van der Waals surface area contributed by atoms with Gasteiger partial charge in [-0.15, -0.1) is 0 Å². The van der Waals surface area contributed by atoms with Gasteiger partial charge in [-0.25, -0.2) is 4.68 Å². The maximum Gasteiger partial charge on any atom is 0.133 e. The topological polar surface area (TPSA) is 42.3 Å². The standard InChI is InChI=1S/C19H26N4O/c1-3-22-12-9-14(10-13-22)18-17-8-11-20-19(17)23(21-18)15-4-6-16(24-2)7-5-15/h4-7,14,20H,3,8-13H2,1-2H3. The summed E-state index contributed by atoms with van der Waals surface area (Å²) in [5.74, 6) is 2.66. The Labute approximate surface area is 143 Å². The summed E-state index contributed by atoms with van der Waals surface area (Å²) < 4.78 is 7.36. The zero-order chi connectivity index (χ0) is 16.5. The molecule has 0 bridgehead atoms. The van der Waals surface area contributed by atoms with Crippen LogP contribution in [0.25, 0.3) is 5.69 Å². The fraction of sp³-hybridized carbons (Fsp3) is 0.526. The number of methoxy groups -OCH3 is 1. The molecule has 0 unspecified atom stereocenters. The molecule has 1 aromatic carbocycles. The molecule has 0 amide bonds.